The molecule has 0 unspecified atom stereocenters. The molecule has 2 heterocycles. The molecule has 4 rings (SSSR count). The summed E-state index contributed by atoms with van der Waals surface area (Å²) in [7, 11) is 1.58. The number of aromatic nitrogens is 1. The van der Waals surface area contributed by atoms with Crippen LogP contribution in [0.1, 0.15) is 22.2 Å². The van der Waals surface area contributed by atoms with E-state index in [1.165, 1.54) is 0 Å². The number of nitrogens with zero attached hydrogens (tertiary/aromatic N) is 2. The van der Waals surface area contributed by atoms with Crippen molar-refractivity contribution in [3.63, 3.8) is 0 Å². The zero-order chi connectivity index (χ0) is 22.7. The highest BCUT2D eigenvalue weighted by atomic mass is 32.1. The number of anilines is 2. The molecule has 8 heteroatoms. The number of methoxy groups -OCH3 is 1. The molecular weight excluding hydrogens is 424 g/mol. The zero-order valence-corrected chi connectivity index (χ0v) is 18.3. The van der Waals surface area contributed by atoms with E-state index in [0.29, 0.717) is 38.7 Å². The minimum atomic E-state index is -0.355. The molecule has 4 aromatic rings. The summed E-state index contributed by atoms with van der Waals surface area (Å²) in [6.07, 6.45) is 0. The minimum absolute atomic E-state index is 0.227. The molecule has 0 atom stereocenters. The van der Waals surface area contributed by atoms with Gasteiger partial charge in [-0.1, -0.05) is 30.3 Å². The molecule has 2 aromatic carbocycles. The van der Waals surface area contributed by atoms with Crippen LogP contribution in [0.5, 0.6) is 11.6 Å². The fourth-order valence-electron chi connectivity index (χ4n) is 3.40. The van der Waals surface area contributed by atoms with E-state index < -0.39 is 0 Å². The number of hydrogen-bond donors (Lipinski definition) is 2. The van der Waals surface area contributed by atoms with Crippen molar-refractivity contribution in [3.8, 4) is 28.8 Å². The third kappa shape index (κ3) is 3.82. The van der Waals surface area contributed by atoms with E-state index in [1.807, 2.05) is 37.3 Å². The van der Waals surface area contributed by atoms with Crippen molar-refractivity contribution in [2.75, 3.05) is 24.8 Å². The summed E-state index contributed by atoms with van der Waals surface area (Å²) in [4.78, 5) is 18.4. The van der Waals surface area contributed by atoms with Gasteiger partial charge in [-0.25, -0.2) is 4.98 Å². The molecule has 0 aliphatic carbocycles. The molecule has 0 saturated carbocycles. The molecule has 0 aliphatic rings. The Kier molecular flexibility index (Phi) is 5.92. The number of nitrogens with two attached hydrogens (primary N) is 1. The summed E-state index contributed by atoms with van der Waals surface area (Å²) >= 11 is 1.16. The van der Waals surface area contributed by atoms with Gasteiger partial charge in [0.05, 0.1) is 19.4 Å². The Hall–Kier alpha value is -4.09. The van der Waals surface area contributed by atoms with Crippen LogP contribution in [0.25, 0.3) is 21.3 Å². The molecular formula is C24H20N4O3S. The summed E-state index contributed by atoms with van der Waals surface area (Å²) in [5.74, 6) is 0.560. The first-order chi connectivity index (χ1) is 15.6. The molecule has 0 saturated heterocycles. The number of benzene rings is 2. The van der Waals surface area contributed by atoms with Gasteiger partial charge in [-0.05, 0) is 36.8 Å². The average molecular weight is 445 g/mol. The smallest absolute Gasteiger partial charge is 0.267 e. The van der Waals surface area contributed by atoms with E-state index in [0.717, 1.165) is 16.9 Å². The molecule has 160 valence electrons. The first-order valence-corrected chi connectivity index (χ1v) is 10.7. The molecule has 32 heavy (non-hydrogen) atoms. The molecule has 0 radical (unpaired) electrons. The van der Waals surface area contributed by atoms with Gasteiger partial charge in [0.1, 0.15) is 27.1 Å². The number of ether oxygens (including phenoxy) is 2. The van der Waals surface area contributed by atoms with Crippen molar-refractivity contribution >= 4 is 38.8 Å². The minimum Gasteiger partial charge on any atom is -0.497 e. The number of pyridine rings is 1. The van der Waals surface area contributed by atoms with Crippen molar-refractivity contribution in [2.45, 2.75) is 6.92 Å². The van der Waals surface area contributed by atoms with Gasteiger partial charge < -0.3 is 20.5 Å². The molecule has 3 N–H and O–H groups in total. The van der Waals surface area contributed by atoms with Crippen LogP contribution in [-0.2, 0) is 0 Å². The molecule has 1 amide bonds. The van der Waals surface area contributed by atoms with Crippen molar-refractivity contribution in [3.05, 3.63) is 65.0 Å². The van der Waals surface area contributed by atoms with Crippen molar-refractivity contribution in [1.82, 2.24) is 4.98 Å². The van der Waals surface area contributed by atoms with Crippen LogP contribution in [0.15, 0.2) is 54.6 Å². The van der Waals surface area contributed by atoms with Gasteiger partial charge in [-0.2, -0.15) is 5.26 Å². The summed E-state index contributed by atoms with van der Waals surface area (Å²) in [5, 5.41) is 13.3. The normalized spacial score (nSPS) is 10.5. The van der Waals surface area contributed by atoms with Crippen LogP contribution in [0.4, 0.5) is 11.4 Å². The first-order valence-electron chi connectivity index (χ1n) is 9.87. The standard InChI is InChI=1S/C24H20N4O3S/c1-3-31-23-17(13-25)18(14-7-5-4-6-8-14)19-20(26)21(32-24(19)28-23)22(29)27-15-9-11-16(30-2)12-10-15/h4-12H,3,26H2,1-2H3,(H,27,29). The van der Waals surface area contributed by atoms with Crippen LogP contribution in [0.3, 0.4) is 0 Å². The lowest BCUT2D eigenvalue weighted by atomic mass is 9.97. The van der Waals surface area contributed by atoms with Crippen LogP contribution < -0.4 is 20.5 Å². The molecule has 0 bridgehead atoms. The lowest BCUT2D eigenvalue weighted by Crippen LogP contribution is -2.11. The van der Waals surface area contributed by atoms with Gasteiger partial charge in [0.2, 0.25) is 5.88 Å². The molecule has 2 aromatic heterocycles. The van der Waals surface area contributed by atoms with E-state index in [2.05, 4.69) is 16.4 Å². The Morgan fingerprint density at radius 2 is 1.91 bits per heavy atom. The maximum Gasteiger partial charge on any atom is 0.267 e. The number of hydrogen-bond acceptors (Lipinski definition) is 7. The van der Waals surface area contributed by atoms with Gasteiger partial charge in [0.15, 0.2) is 0 Å². The van der Waals surface area contributed by atoms with E-state index >= 15 is 0 Å². The lowest BCUT2D eigenvalue weighted by Gasteiger charge is -2.11. The molecule has 0 spiro atoms. The second-order valence-electron chi connectivity index (χ2n) is 6.79. The fourth-order valence-corrected chi connectivity index (χ4v) is 4.39. The Morgan fingerprint density at radius 1 is 1.19 bits per heavy atom. The number of carbonyl (C=O) groups is 1. The number of amides is 1. The van der Waals surface area contributed by atoms with Crippen molar-refractivity contribution in [2.24, 2.45) is 0 Å². The number of carbonyl (C=O) groups excluding carboxylic acids is 1. The predicted octanol–water partition coefficient (Wildman–Crippen LogP) is 5.08. The number of nitrogens with one attached hydrogen (secondary N) is 1. The van der Waals surface area contributed by atoms with Crippen LogP contribution in [-0.4, -0.2) is 24.6 Å². The highest BCUT2D eigenvalue weighted by Crippen LogP contribution is 2.43. The predicted molar refractivity (Wildman–Crippen MR) is 126 cm³/mol. The van der Waals surface area contributed by atoms with Gasteiger partial charge >= 0.3 is 0 Å². The maximum atomic E-state index is 13.0. The molecule has 0 fully saturated rings. The first kappa shape index (κ1) is 21.2. The Labute approximate surface area is 189 Å². The maximum absolute atomic E-state index is 13.0. The SMILES string of the molecule is CCOc1nc2sc(C(=O)Nc3ccc(OC)cc3)c(N)c2c(-c2ccccc2)c1C#N. The quantitative estimate of drug-likeness (QED) is 0.429. The Balaban J connectivity index is 1.86. The van der Waals surface area contributed by atoms with Crippen LogP contribution in [0.2, 0.25) is 0 Å². The number of thiophene rings is 1. The second-order valence-corrected chi connectivity index (χ2v) is 7.78. The van der Waals surface area contributed by atoms with Gasteiger partial charge in [-0.15, -0.1) is 11.3 Å². The molecule has 0 aliphatic heterocycles. The van der Waals surface area contributed by atoms with Crippen molar-refractivity contribution < 1.29 is 14.3 Å². The van der Waals surface area contributed by atoms with E-state index in [1.54, 1.807) is 31.4 Å². The highest BCUT2D eigenvalue weighted by molar-refractivity contribution is 7.21. The zero-order valence-electron chi connectivity index (χ0n) is 17.5. The average Bonchev–Trinajstić information content (AvgIpc) is 3.15. The summed E-state index contributed by atoms with van der Waals surface area (Å²) in [6, 6.07) is 18.6. The monoisotopic (exact) mass is 444 g/mol. The van der Waals surface area contributed by atoms with Gasteiger partial charge in [0.25, 0.3) is 5.91 Å². The summed E-state index contributed by atoms with van der Waals surface area (Å²) in [5.41, 5.74) is 9.05. The second kappa shape index (κ2) is 8.96. The van der Waals surface area contributed by atoms with Crippen molar-refractivity contribution in [1.29, 1.82) is 5.26 Å². The van der Waals surface area contributed by atoms with Gasteiger partial charge in [-0.3, -0.25) is 4.79 Å². The fraction of sp³-hybridized carbons (Fsp3) is 0.125. The third-order valence-electron chi connectivity index (χ3n) is 4.85. The number of nitrogen functional groups attached to an aromatic ring is 1. The number of nitriles is 1. The van der Waals surface area contributed by atoms with E-state index in [4.69, 9.17) is 15.2 Å². The Bertz CT molecular complexity index is 1330. The van der Waals surface area contributed by atoms with Gasteiger partial charge in [0, 0.05) is 16.6 Å². The molecule has 7 nitrogen and oxygen atoms in total. The number of rotatable bonds is 6. The van der Waals surface area contributed by atoms with Crippen LogP contribution in [0, 0.1) is 11.3 Å². The third-order valence-corrected chi connectivity index (χ3v) is 5.95. The van der Waals surface area contributed by atoms with E-state index in [9.17, 15) is 10.1 Å². The number of fused-ring (bicyclic) bond motifs is 1. The summed E-state index contributed by atoms with van der Waals surface area (Å²) in [6.45, 7) is 2.18. The van der Waals surface area contributed by atoms with Crippen LogP contribution >= 0.6 is 11.3 Å². The highest BCUT2D eigenvalue weighted by Gasteiger charge is 2.25. The summed E-state index contributed by atoms with van der Waals surface area (Å²) < 4.78 is 10.8. The topological polar surface area (TPSA) is 110 Å². The van der Waals surface area contributed by atoms with E-state index in [-0.39, 0.29) is 23.0 Å². The Morgan fingerprint density at radius 3 is 2.53 bits per heavy atom. The lowest BCUT2D eigenvalue weighted by molar-refractivity contribution is 0.103. The largest absolute Gasteiger partial charge is 0.497 e.